The molecule has 0 unspecified atom stereocenters. The number of allylic oxidation sites excluding steroid dienone is 1. The molecule has 2 nitrogen and oxygen atoms in total. The van der Waals surface area contributed by atoms with Crippen LogP contribution < -0.4 is 0 Å². The maximum Gasteiger partial charge on any atom is 0.216 e. The van der Waals surface area contributed by atoms with Crippen molar-refractivity contribution in [3.8, 4) is 0 Å². The normalized spacial score (nSPS) is 11.9. The van der Waals surface area contributed by atoms with Crippen LogP contribution in [0.1, 0.15) is 5.56 Å². The molecule has 0 fully saturated rings. The molecule has 0 aliphatic rings. The molecule has 0 radical (unpaired) electrons. The molecule has 0 amide bonds. The maximum absolute atomic E-state index is 11.6. The zero-order valence-electron chi connectivity index (χ0n) is 9.36. The SMILES string of the molecule is [O-][N+](=C/C=C\c1ccccc1)c1ccccc1. The average Bonchev–Trinajstić information content (AvgIpc) is 2.41. The molecule has 2 rings (SSSR count). The van der Waals surface area contributed by atoms with Crippen molar-refractivity contribution in [2.75, 3.05) is 0 Å². The largest absolute Gasteiger partial charge is 0.618 e. The lowest BCUT2D eigenvalue weighted by Gasteiger charge is -1.99. The maximum atomic E-state index is 11.6. The van der Waals surface area contributed by atoms with E-state index in [2.05, 4.69) is 0 Å². The summed E-state index contributed by atoms with van der Waals surface area (Å²) in [6.07, 6.45) is 5.14. The summed E-state index contributed by atoms with van der Waals surface area (Å²) in [6.45, 7) is 0. The summed E-state index contributed by atoms with van der Waals surface area (Å²) in [6, 6.07) is 19.0. The van der Waals surface area contributed by atoms with Crippen LogP contribution in [0.3, 0.4) is 0 Å². The van der Waals surface area contributed by atoms with Gasteiger partial charge in [-0.15, -0.1) is 0 Å². The molecular weight excluding hydrogens is 210 g/mol. The van der Waals surface area contributed by atoms with Gasteiger partial charge in [0.1, 0.15) is 0 Å². The summed E-state index contributed by atoms with van der Waals surface area (Å²) >= 11 is 0. The molecule has 0 spiro atoms. The summed E-state index contributed by atoms with van der Waals surface area (Å²) in [7, 11) is 0. The third-order valence-electron chi connectivity index (χ3n) is 2.32. The minimum absolute atomic E-state index is 0.630. The second-order valence-corrected chi connectivity index (χ2v) is 3.58. The molecule has 84 valence electrons. The van der Waals surface area contributed by atoms with Gasteiger partial charge < -0.3 is 5.21 Å². The predicted octanol–water partition coefficient (Wildman–Crippen LogP) is 3.61. The molecule has 2 aromatic rings. The minimum atomic E-state index is 0.630. The lowest BCUT2D eigenvalue weighted by atomic mass is 10.2. The Bertz CT molecular complexity index is 515. The van der Waals surface area contributed by atoms with Gasteiger partial charge in [0.05, 0.1) is 0 Å². The quantitative estimate of drug-likeness (QED) is 0.338. The van der Waals surface area contributed by atoms with Crippen LogP contribution in [-0.4, -0.2) is 11.0 Å². The van der Waals surface area contributed by atoms with Crippen LogP contribution in [-0.2, 0) is 0 Å². The number of rotatable bonds is 3. The van der Waals surface area contributed by atoms with Gasteiger partial charge in [0.15, 0.2) is 6.21 Å². The van der Waals surface area contributed by atoms with Gasteiger partial charge in [-0.1, -0.05) is 48.5 Å². The molecule has 0 atom stereocenters. The summed E-state index contributed by atoms with van der Waals surface area (Å²) in [5.41, 5.74) is 1.70. The Morgan fingerprint density at radius 2 is 1.41 bits per heavy atom. The first-order chi connectivity index (χ1) is 8.36. The monoisotopic (exact) mass is 223 g/mol. The van der Waals surface area contributed by atoms with E-state index in [1.54, 1.807) is 18.2 Å². The van der Waals surface area contributed by atoms with Crippen LogP contribution in [0.2, 0.25) is 0 Å². The van der Waals surface area contributed by atoms with Crippen molar-refractivity contribution in [2.24, 2.45) is 0 Å². The first kappa shape index (κ1) is 11.1. The van der Waals surface area contributed by atoms with Gasteiger partial charge in [-0.3, -0.25) is 0 Å². The predicted molar refractivity (Wildman–Crippen MR) is 71.3 cm³/mol. The first-order valence-corrected chi connectivity index (χ1v) is 5.44. The van der Waals surface area contributed by atoms with Gasteiger partial charge in [-0.05, 0) is 11.6 Å². The Labute approximate surface area is 101 Å². The second-order valence-electron chi connectivity index (χ2n) is 3.58. The number of nitrogens with zero attached hydrogens (tertiary/aromatic N) is 1. The van der Waals surface area contributed by atoms with Gasteiger partial charge in [-0.25, -0.2) is 0 Å². The smallest absolute Gasteiger partial charge is 0.216 e. The zero-order valence-corrected chi connectivity index (χ0v) is 9.36. The van der Waals surface area contributed by atoms with E-state index < -0.39 is 0 Å². The summed E-state index contributed by atoms with van der Waals surface area (Å²) in [4.78, 5) is 0. The highest BCUT2D eigenvalue weighted by atomic mass is 16.5. The zero-order chi connectivity index (χ0) is 11.9. The van der Waals surface area contributed by atoms with Crippen LogP contribution in [0.25, 0.3) is 6.08 Å². The molecule has 0 saturated carbocycles. The molecule has 0 aromatic heterocycles. The Morgan fingerprint density at radius 3 is 2.06 bits per heavy atom. The van der Waals surface area contributed by atoms with Crippen LogP contribution in [0, 0.1) is 5.21 Å². The van der Waals surface area contributed by atoms with Crippen LogP contribution in [0.5, 0.6) is 0 Å². The third-order valence-corrected chi connectivity index (χ3v) is 2.32. The summed E-state index contributed by atoms with van der Waals surface area (Å²) < 4.78 is 0.847. The lowest BCUT2D eigenvalue weighted by Crippen LogP contribution is -1.94. The Balaban J connectivity index is 2.09. The molecule has 0 aliphatic carbocycles. The molecule has 2 heteroatoms. The first-order valence-electron chi connectivity index (χ1n) is 5.44. The van der Waals surface area contributed by atoms with Crippen molar-refractivity contribution >= 4 is 18.0 Å². The highest BCUT2D eigenvalue weighted by molar-refractivity contribution is 5.75. The van der Waals surface area contributed by atoms with Crippen LogP contribution in [0.4, 0.5) is 5.69 Å². The van der Waals surface area contributed by atoms with Crippen molar-refractivity contribution in [3.05, 3.63) is 77.5 Å². The molecule has 2 aromatic carbocycles. The highest BCUT2D eigenvalue weighted by Gasteiger charge is 1.95. The highest BCUT2D eigenvalue weighted by Crippen LogP contribution is 2.08. The van der Waals surface area contributed by atoms with E-state index in [0.717, 1.165) is 10.3 Å². The van der Waals surface area contributed by atoms with E-state index in [1.807, 2.05) is 54.6 Å². The third kappa shape index (κ3) is 3.31. The van der Waals surface area contributed by atoms with Gasteiger partial charge in [0.2, 0.25) is 5.69 Å². The van der Waals surface area contributed by atoms with Crippen LogP contribution in [0.15, 0.2) is 66.7 Å². The van der Waals surface area contributed by atoms with E-state index in [9.17, 15) is 5.21 Å². The van der Waals surface area contributed by atoms with Crippen molar-refractivity contribution in [3.63, 3.8) is 0 Å². The molecule has 0 heterocycles. The van der Waals surface area contributed by atoms with Crippen molar-refractivity contribution in [1.29, 1.82) is 0 Å². The van der Waals surface area contributed by atoms with Gasteiger partial charge in [0.25, 0.3) is 0 Å². The molecule has 0 N–H and O–H groups in total. The Morgan fingerprint density at radius 1 is 0.824 bits per heavy atom. The topological polar surface area (TPSA) is 26.1 Å². The minimum Gasteiger partial charge on any atom is -0.618 e. The lowest BCUT2D eigenvalue weighted by molar-refractivity contribution is -0.354. The van der Waals surface area contributed by atoms with E-state index >= 15 is 0 Å². The average molecular weight is 223 g/mol. The van der Waals surface area contributed by atoms with Crippen molar-refractivity contribution in [2.45, 2.75) is 0 Å². The standard InChI is InChI=1S/C15H13NO/c17-16(15-11-5-2-6-12-15)13-7-10-14-8-3-1-4-9-14/h1-13H/b10-7-,16-13?. The number of para-hydroxylation sites is 1. The number of hydrogen-bond acceptors (Lipinski definition) is 1. The second kappa shape index (κ2) is 5.66. The fraction of sp³-hybridized carbons (Fsp3) is 0. The molecule has 0 bridgehead atoms. The fourth-order valence-electron chi connectivity index (χ4n) is 1.46. The van der Waals surface area contributed by atoms with Crippen LogP contribution >= 0.6 is 0 Å². The Kier molecular flexibility index (Phi) is 3.71. The van der Waals surface area contributed by atoms with Gasteiger partial charge >= 0.3 is 0 Å². The Hall–Kier alpha value is -2.35. The van der Waals surface area contributed by atoms with Crippen molar-refractivity contribution in [1.82, 2.24) is 0 Å². The van der Waals surface area contributed by atoms with E-state index in [4.69, 9.17) is 0 Å². The summed E-state index contributed by atoms with van der Waals surface area (Å²) in [5, 5.41) is 11.6. The van der Waals surface area contributed by atoms with Gasteiger partial charge in [-0.2, -0.15) is 4.74 Å². The molecular formula is C15H13NO. The summed E-state index contributed by atoms with van der Waals surface area (Å²) in [5.74, 6) is 0. The van der Waals surface area contributed by atoms with Crippen molar-refractivity contribution < 1.29 is 4.74 Å². The number of hydrogen-bond donors (Lipinski definition) is 0. The van der Waals surface area contributed by atoms with E-state index in [1.165, 1.54) is 6.21 Å². The van der Waals surface area contributed by atoms with Gasteiger partial charge in [0, 0.05) is 18.2 Å². The van der Waals surface area contributed by atoms with E-state index in [-0.39, 0.29) is 0 Å². The fourth-order valence-corrected chi connectivity index (χ4v) is 1.46. The molecule has 0 aliphatic heterocycles. The molecule has 0 saturated heterocycles. The van der Waals surface area contributed by atoms with E-state index in [0.29, 0.717) is 5.69 Å². The number of benzene rings is 2. The molecule has 17 heavy (non-hydrogen) atoms.